The molecule has 0 aromatic heterocycles. The normalized spacial score (nSPS) is 10.4. The summed E-state index contributed by atoms with van der Waals surface area (Å²) in [6, 6.07) is 35.4. The lowest BCUT2D eigenvalue weighted by Crippen LogP contribution is -2.22. The average molecular weight is 467 g/mol. The van der Waals surface area contributed by atoms with Gasteiger partial charge in [-0.25, -0.2) is 0 Å². The van der Waals surface area contributed by atoms with Gasteiger partial charge in [-0.05, 0) is 60.4 Å². The van der Waals surface area contributed by atoms with Gasteiger partial charge in [-0.15, -0.1) is 0 Å². The number of carbonyl (C=O) groups is 1. The molecule has 0 aliphatic carbocycles. The van der Waals surface area contributed by atoms with Crippen LogP contribution < -0.4 is 20.1 Å². The number of aryl methyl sites for hydroxylation is 1. The number of ether oxygens (including phenoxy) is 2. The number of rotatable bonds is 12. The summed E-state index contributed by atoms with van der Waals surface area (Å²) in [5.74, 6) is 1.30. The van der Waals surface area contributed by atoms with E-state index in [9.17, 15) is 4.79 Å². The molecule has 4 rings (SSSR count). The van der Waals surface area contributed by atoms with Crippen LogP contribution in [0.1, 0.15) is 17.5 Å². The minimum absolute atomic E-state index is 0.143. The van der Waals surface area contributed by atoms with E-state index in [4.69, 9.17) is 9.47 Å². The summed E-state index contributed by atoms with van der Waals surface area (Å²) in [5.41, 5.74) is 3.89. The zero-order valence-electron chi connectivity index (χ0n) is 19.7. The van der Waals surface area contributed by atoms with E-state index in [-0.39, 0.29) is 12.5 Å². The van der Waals surface area contributed by atoms with Crippen molar-refractivity contribution in [1.29, 1.82) is 0 Å². The monoisotopic (exact) mass is 466 g/mol. The third-order valence-electron chi connectivity index (χ3n) is 5.43. The summed E-state index contributed by atoms with van der Waals surface area (Å²) < 4.78 is 11.8. The number of amides is 1. The highest BCUT2D eigenvalue weighted by molar-refractivity contribution is 5.95. The highest BCUT2D eigenvalue weighted by Crippen LogP contribution is 2.25. The summed E-state index contributed by atoms with van der Waals surface area (Å²) in [5, 5.41) is 6.07. The van der Waals surface area contributed by atoms with E-state index < -0.39 is 0 Å². The molecule has 2 N–H and O–H groups in total. The third kappa shape index (κ3) is 7.93. The predicted molar refractivity (Wildman–Crippen MR) is 141 cm³/mol. The molecule has 0 radical (unpaired) electrons. The summed E-state index contributed by atoms with van der Waals surface area (Å²) >= 11 is 0. The summed E-state index contributed by atoms with van der Waals surface area (Å²) in [6.45, 7) is 1.24. The molecule has 5 heteroatoms. The standard InChI is InChI=1S/C30H30N2O3/c33-30(32-28-15-7-8-16-29(28)35-23-25-12-5-2-6-13-25)22-31-26-17-19-27(20-18-26)34-21-9-14-24-10-3-1-4-11-24/h1-8,10-13,15-20,31H,9,14,21-23H2,(H,32,33). The van der Waals surface area contributed by atoms with Gasteiger partial charge in [0, 0.05) is 5.69 Å². The largest absolute Gasteiger partial charge is 0.494 e. The molecule has 5 nitrogen and oxygen atoms in total. The number of benzene rings is 4. The number of hydrogen-bond acceptors (Lipinski definition) is 4. The second kappa shape index (κ2) is 12.8. The first-order valence-corrected chi connectivity index (χ1v) is 11.8. The van der Waals surface area contributed by atoms with Gasteiger partial charge in [0.2, 0.25) is 5.91 Å². The van der Waals surface area contributed by atoms with Crippen molar-refractivity contribution in [2.45, 2.75) is 19.4 Å². The molecule has 4 aromatic carbocycles. The van der Waals surface area contributed by atoms with Crippen molar-refractivity contribution in [3.8, 4) is 11.5 Å². The van der Waals surface area contributed by atoms with Gasteiger partial charge in [0.05, 0.1) is 18.8 Å². The van der Waals surface area contributed by atoms with Crippen LogP contribution in [0.4, 0.5) is 11.4 Å². The molecule has 0 bridgehead atoms. The van der Waals surface area contributed by atoms with E-state index in [1.807, 2.05) is 84.9 Å². The van der Waals surface area contributed by atoms with Crippen molar-refractivity contribution in [3.63, 3.8) is 0 Å². The van der Waals surface area contributed by atoms with Crippen LogP contribution in [-0.2, 0) is 17.8 Å². The first-order valence-electron chi connectivity index (χ1n) is 11.8. The highest BCUT2D eigenvalue weighted by atomic mass is 16.5. The molecule has 178 valence electrons. The molecule has 0 saturated carbocycles. The minimum atomic E-state index is -0.151. The van der Waals surface area contributed by atoms with Gasteiger partial charge < -0.3 is 20.1 Å². The Labute approximate surface area is 206 Å². The molecule has 35 heavy (non-hydrogen) atoms. The van der Waals surface area contributed by atoms with Crippen molar-refractivity contribution in [2.75, 3.05) is 23.8 Å². The van der Waals surface area contributed by atoms with Gasteiger partial charge in [0.1, 0.15) is 18.1 Å². The summed E-state index contributed by atoms with van der Waals surface area (Å²) in [7, 11) is 0. The van der Waals surface area contributed by atoms with E-state index >= 15 is 0 Å². The maximum absolute atomic E-state index is 12.5. The molecule has 0 heterocycles. The highest BCUT2D eigenvalue weighted by Gasteiger charge is 2.08. The van der Waals surface area contributed by atoms with Gasteiger partial charge in [-0.2, -0.15) is 0 Å². The van der Waals surface area contributed by atoms with Gasteiger partial charge in [-0.1, -0.05) is 72.8 Å². The van der Waals surface area contributed by atoms with E-state index in [2.05, 4.69) is 34.9 Å². The van der Waals surface area contributed by atoms with Crippen LogP contribution in [0.5, 0.6) is 11.5 Å². The number of hydrogen-bond donors (Lipinski definition) is 2. The SMILES string of the molecule is O=C(CNc1ccc(OCCCc2ccccc2)cc1)Nc1ccccc1OCc1ccccc1. The fourth-order valence-electron chi connectivity index (χ4n) is 3.59. The third-order valence-corrected chi connectivity index (χ3v) is 5.43. The van der Waals surface area contributed by atoms with Crippen LogP contribution in [0.3, 0.4) is 0 Å². The molecule has 0 aliphatic rings. The fraction of sp³-hybridized carbons (Fsp3) is 0.167. The molecule has 1 amide bonds. The van der Waals surface area contributed by atoms with E-state index in [0.717, 1.165) is 29.8 Å². The quantitative estimate of drug-likeness (QED) is 0.240. The Morgan fingerprint density at radius 3 is 2.09 bits per heavy atom. The zero-order chi connectivity index (χ0) is 24.1. The van der Waals surface area contributed by atoms with Crippen LogP contribution in [0.2, 0.25) is 0 Å². The van der Waals surface area contributed by atoms with Crippen molar-refractivity contribution in [3.05, 3.63) is 120 Å². The van der Waals surface area contributed by atoms with Crippen molar-refractivity contribution < 1.29 is 14.3 Å². The smallest absolute Gasteiger partial charge is 0.243 e. The number of nitrogens with one attached hydrogen (secondary N) is 2. The maximum atomic E-state index is 12.5. The predicted octanol–water partition coefficient (Wildman–Crippen LogP) is 6.33. The average Bonchev–Trinajstić information content (AvgIpc) is 2.91. The molecule has 0 unspecified atom stereocenters. The van der Waals surface area contributed by atoms with Crippen LogP contribution in [0.15, 0.2) is 109 Å². The Kier molecular flexibility index (Phi) is 8.77. The number of anilines is 2. The zero-order valence-corrected chi connectivity index (χ0v) is 19.7. The van der Waals surface area contributed by atoms with Gasteiger partial charge >= 0.3 is 0 Å². The van der Waals surface area contributed by atoms with Crippen LogP contribution in [0, 0.1) is 0 Å². The van der Waals surface area contributed by atoms with Crippen LogP contribution in [0.25, 0.3) is 0 Å². The first-order chi connectivity index (χ1) is 17.3. The molecule has 0 atom stereocenters. The molecular formula is C30H30N2O3. The Hall–Kier alpha value is -4.25. The fourth-order valence-corrected chi connectivity index (χ4v) is 3.59. The first kappa shape index (κ1) is 23.9. The van der Waals surface area contributed by atoms with Crippen molar-refractivity contribution in [1.82, 2.24) is 0 Å². The Bertz CT molecular complexity index is 1180. The topological polar surface area (TPSA) is 59.6 Å². The van der Waals surface area contributed by atoms with Crippen LogP contribution >= 0.6 is 0 Å². The van der Waals surface area contributed by atoms with E-state index in [0.29, 0.717) is 24.7 Å². The lowest BCUT2D eigenvalue weighted by atomic mass is 10.1. The lowest BCUT2D eigenvalue weighted by molar-refractivity contribution is -0.114. The summed E-state index contributed by atoms with van der Waals surface area (Å²) in [6.07, 6.45) is 1.96. The minimum Gasteiger partial charge on any atom is -0.494 e. The Morgan fingerprint density at radius 1 is 0.686 bits per heavy atom. The Balaban J connectivity index is 1.19. The van der Waals surface area contributed by atoms with E-state index in [1.54, 1.807) is 0 Å². The maximum Gasteiger partial charge on any atom is 0.243 e. The molecule has 0 fully saturated rings. The number of carbonyl (C=O) groups excluding carboxylic acids is 1. The summed E-state index contributed by atoms with van der Waals surface area (Å²) in [4.78, 5) is 12.5. The van der Waals surface area contributed by atoms with Crippen LogP contribution in [-0.4, -0.2) is 19.1 Å². The lowest BCUT2D eigenvalue weighted by Gasteiger charge is -2.13. The van der Waals surface area contributed by atoms with Crippen molar-refractivity contribution >= 4 is 17.3 Å². The second-order valence-corrected chi connectivity index (χ2v) is 8.13. The molecular weight excluding hydrogens is 436 g/mol. The van der Waals surface area contributed by atoms with Crippen molar-refractivity contribution in [2.24, 2.45) is 0 Å². The second-order valence-electron chi connectivity index (χ2n) is 8.13. The number of para-hydroxylation sites is 2. The van der Waals surface area contributed by atoms with Gasteiger partial charge in [0.15, 0.2) is 0 Å². The molecule has 0 spiro atoms. The van der Waals surface area contributed by atoms with Gasteiger partial charge in [0.25, 0.3) is 0 Å². The Morgan fingerprint density at radius 2 is 1.34 bits per heavy atom. The molecule has 0 saturated heterocycles. The van der Waals surface area contributed by atoms with Gasteiger partial charge in [-0.3, -0.25) is 4.79 Å². The molecule has 0 aliphatic heterocycles. The molecule has 4 aromatic rings. The van der Waals surface area contributed by atoms with E-state index in [1.165, 1.54) is 5.56 Å².